The molecule has 0 radical (unpaired) electrons. The van der Waals surface area contributed by atoms with E-state index in [1.165, 1.54) is 41.5 Å². The van der Waals surface area contributed by atoms with Crippen LogP contribution in [0.3, 0.4) is 0 Å². The number of sulfonamides is 1. The van der Waals surface area contributed by atoms with Gasteiger partial charge >= 0.3 is 6.18 Å². The summed E-state index contributed by atoms with van der Waals surface area (Å²) < 4.78 is 59.6. The number of hydrogen-bond acceptors (Lipinski definition) is 29. The molecule has 8 aromatic carbocycles. The Morgan fingerprint density at radius 1 is 0.444 bits per heavy atom. The first-order valence-corrected chi connectivity index (χ1v) is 44.9. The third-order valence-corrected chi connectivity index (χ3v) is 22.1. The minimum Gasteiger partial charge on any atom is -0.507 e. The molecule has 1 fully saturated rings. The number of aromatic nitrogens is 12. The zero-order valence-corrected chi connectivity index (χ0v) is 76.7. The quantitative estimate of drug-likeness (QED) is 0.0224. The fraction of sp³-hybridized carbons (Fsp3) is 0.232. The number of primary sulfonamides is 1. The summed E-state index contributed by atoms with van der Waals surface area (Å²) in [5.74, 6) is 0.539. The maximum atomic E-state index is 12.3. The molecular weight excluding hydrogens is 1740 g/mol. The minimum atomic E-state index is -4.88. The number of ketones is 2. The molecule has 6 aromatic heterocycles. The molecule has 135 heavy (non-hydrogen) atoms. The molecule has 0 unspecified atom stereocenters. The van der Waals surface area contributed by atoms with Crippen molar-refractivity contribution in [3.8, 4) is 73.3 Å². The highest BCUT2D eigenvalue weighted by Crippen LogP contribution is 2.31. The summed E-state index contributed by atoms with van der Waals surface area (Å²) in [5.41, 5.74) is 65.6. The molecule has 0 spiro atoms. The number of carbonyl (C=O) groups is 4. The van der Waals surface area contributed by atoms with Crippen LogP contribution in [-0.4, -0.2) is 135 Å². The van der Waals surface area contributed by atoms with Crippen LogP contribution in [0, 0.1) is 13.8 Å². The first-order chi connectivity index (χ1) is 64.6. The summed E-state index contributed by atoms with van der Waals surface area (Å²) >= 11 is 0. The summed E-state index contributed by atoms with van der Waals surface area (Å²) in [6, 6.07) is 66.3. The highest BCUT2D eigenvalue weighted by Gasteiger charge is 2.39. The summed E-state index contributed by atoms with van der Waals surface area (Å²) in [7, 11) is -0.0938. The number of aryl methyl sites for hydroxylation is 6. The first-order valence-electron chi connectivity index (χ1n) is 43.4. The number of alkyl halides is 3. The second kappa shape index (κ2) is 48.5. The van der Waals surface area contributed by atoms with Gasteiger partial charge in [0, 0.05) is 139 Å². The Balaban J connectivity index is 0.000000169. The maximum Gasteiger partial charge on any atom is 0.454 e. The van der Waals surface area contributed by atoms with E-state index in [1.54, 1.807) is 62.6 Å². The van der Waals surface area contributed by atoms with Crippen molar-refractivity contribution >= 4 is 86.4 Å². The summed E-state index contributed by atoms with van der Waals surface area (Å²) in [5, 5.41) is 23.6. The second-order valence-electron chi connectivity index (χ2n) is 31.0. The average molecular weight is 1850 g/mol. The molecule has 1 saturated heterocycles. The number of nitrogen functional groups attached to an aromatic ring is 6. The normalized spacial score (nSPS) is 11.4. The molecule has 1 aliphatic rings. The summed E-state index contributed by atoms with van der Waals surface area (Å²) in [4.78, 5) is 100. The number of carbonyl (C=O) groups excluding carboxylic acids is 4. The Morgan fingerprint density at radius 3 is 1.39 bits per heavy atom. The number of para-hydroxylation sites is 1. The number of amides is 2. The van der Waals surface area contributed by atoms with Gasteiger partial charge in [-0.05, 0) is 171 Å². The van der Waals surface area contributed by atoms with Crippen LogP contribution in [0.2, 0.25) is 0 Å². The van der Waals surface area contributed by atoms with Crippen LogP contribution in [0.25, 0.3) is 67.5 Å². The van der Waals surface area contributed by atoms with Crippen LogP contribution in [0.4, 0.5) is 66.2 Å². The number of phenols is 1. The van der Waals surface area contributed by atoms with Crippen LogP contribution in [0.15, 0.2) is 229 Å². The first kappa shape index (κ1) is 101. The Kier molecular flexibility index (Phi) is 36.4. The Bertz CT molecular complexity index is 6560. The van der Waals surface area contributed by atoms with Gasteiger partial charge in [-0.3, -0.25) is 19.2 Å². The van der Waals surface area contributed by atoms with E-state index in [2.05, 4.69) is 95.7 Å². The molecule has 1 aliphatic heterocycles. The average Bonchev–Trinajstić information content (AvgIpc) is 1.03. The third kappa shape index (κ3) is 30.5. The lowest BCUT2D eigenvalue weighted by atomic mass is 10.00. The number of nitrogens with one attached hydrogen (secondary N) is 3. The van der Waals surface area contributed by atoms with Crippen LogP contribution in [0.1, 0.15) is 130 Å². The monoisotopic (exact) mass is 1850 g/mol. The summed E-state index contributed by atoms with van der Waals surface area (Å²) in [6.45, 7) is 12.8. The Labute approximate surface area is 781 Å². The number of likely N-dealkylation sites (tertiary alicyclic amines) is 1. The van der Waals surface area contributed by atoms with E-state index < -0.39 is 27.5 Å². The van der Waals surface area contributed by atoms with Gasteiger partial charge in [0.1, 0.15) is 23.2 Å². The van der Waals surface area contributed by atoms with Gasteiger partial charge in [-0.1, -0.05) is 160 Å². The minimum absolute atomic E-state index is 0.0627. The van der Waals surface area contributed by atoms with Crippen molar-refractivity contribution in [2.24, 2.45) is 16.6 Å². The largest absolute Gasteiger partial charge is 0.507 e. The summed E-state index contributed by atoms with van der Waals surface area (Å²) in [6.07, 6.45) is 2.80. The molecule has 36 heteroatoms. The van der Waals surface area contributed by atoms with Gasteiger partial charge in [-0.15, -0.1) is 0 Å². The standard InChI is InChI=1S/C21H24N4O2S.C20H25N5O2.C19H18N4O2.C14H12F3N3O.C13H16N4.C12H15N5/c1-14-5-3-8-19(15(14)2)20-13-17(24-21(22)25-20)7-4-6-16-9-11-18(12-10-16)28(23,26)27;1-22-18-13-17(23-20(21)24-18)15-6-4-5-14(11-15)12-16(26)7-8-19(27)25-9-2-3-10-25;1-2-13-11-16(23-19(20)22-13)12-6-5-7-14(10-12)21-18(25)15-8-3-4-9-17(15)24;1-2-10-7-11(20-13(18)19-10)8-3-5-9(6-4-8)12(21)14(15,16)17;1-2-11-7-12(17-13(15)16-11)10-5-3-4-9(6-10)8-14;1-15-11-6-10(16-12(14)17-11)9-4-2-8(7-13)3-5-9/h3,5,8-13H,4,6-7H2,1-2H3,(H2,22,24,25)(H2,23,26,27);4-6,11,13H,2-3,7-10,12H2,1H3,(H3,21,22,23,24);3-11,24H,2H2,1H3,(H,21,25)(H2,20,22,23);3-7H,2H2,1H3,(H2,18,19,20);3-7H,2,8,14H2,1H3,(H2,15,16,17);2-6H,7,13H2,1H3,(H3,14,15,16,17). The van der Waals surface area contributed by atoms with Gasteiger partial charge in [0.2, 0.25) is 51.6 Å². The SMILES string of the molecule is CCc1cc(-c2ccc(C(=O)C(F)(F)F)cc2)nc(N)n1.CCc1cc(-c2cccc(CN)c2)nc(N)n1.CCc1cc(-c2cccc(NC(=O)c3ccccc3O)c2)nc(N)n1.CNc1cc(-c2ccc(CN)cc2)nc(N)n1.CNc1cc(-c2cccc(CC(=O)CCC(=O)N3CCCC3)c2)nc(N)n1.Cc1cccc(-c2cc(CCCc3ccc(S(N)(=O)=O)cc3)nc(N)n2)c1C. The maximum absolute atomic E-state index is 12.3. The number of anilines is 9. The van der Waals surface area contributed by atoms with Gasteiger partial charge in [0.25, 0.3) is 11.7 Å². The van der Waals surface area contributed by atoms with Crippen molar-refractivity contribution in [2.45, 2.75) is 129 Å². The molecule has 2 amide bonds. The zero-order chi connectivity index (χ0) is 97.5. The van der Waals surface area contributed by atoms with E-state index in [0.717, 1.165) is 160 Å². The number of Topliss-reactive ketones (excluding diaryl/α,β-unsaturated/α-hetero) is 2. The number of hydrogen-bond donors (Lipinski definition) is 13. The molecule has 32 nitrogen and oxygen atoms in total. The molecule has 700 valence electrons. The van der Waals surface area contributed by atoms with Crippen LogP contribution < -0.4 is 67.0 Å². The van der Waals surface area contributed by atoms with E-state index in [4.69, 9.17) is 51.0 Å². The van der Waals surface area contributed by atoms with Gasteiger partial charge in [-0.2, -0.15) is 23.1 Å². The predicted molar refractivity (Wildman–Crippen MR) is 524 cm³/mol. The van der Waals surface area contributed by atoms with Gasteiger partial charge in [0.15, 0.2) is 0 Å². The third-order valence-electron chi connectivity index (χ3n) is 21.2. The van der Waals surface area contributed by atoms with Crippen LogP contribution >= 0.6 is 0 Å². The van der Waals surface area contributed by atoms with Crippen molar-refractivity contribution in [1.82, 2.24) is 64.7 Å². The Hall–Kier alpha value is -15.7. The molecule has 0 bridgehead atoms. The fourth-order valence-corrected chi connectivity index (χ4v) is 14.4. The molecule has 14 aromatic rings. The number of rotatable bonds is 26. The molecule has 0 saturated carbocycles. The second-order valence-corrected chi connectivity index (χ2v) is 32.6. The number of benzene rings is 8. The van der Waals surface area contributed by atoms with Crippen molar-refractivity contribution in [3.63, 3.8) is 0 Å². The van der Waals surface area contributed by atoms with Crippen molar-refractivity contribution < 1.29 is 45.9 Å². The van der Waals surface area contributed by atoms with Gasteiger partial charge < -0.3 is 71.8 Å². The lowest BCUT2D eigenvalue weighted by molar-refractivity contribution is -0.132. The highest BCUT2D eigenvalue weighted by molar-refractivity contribution is 7.89. The molecular formula is C99H110F3N25O7S. The van der Waals surface area contributed by atoms with Gasteiger partial charge in [-0.25, -0.2) is 63.4 Å². The Morgan fingerprint density at radius 2 is 0.881 bits per heavy atom. The molecule has 22 N–H and O–H groups in total. The zero-order valence-electron chi connectivity index (χ0n) is 75.9. The lowest BCUT2D eigenvalue weighted by Gasteiger charge is -2.14. The number of nitrogens with two attached hydrogens (primary N) is 9. The molecule has 7 heterocycles. The van der Waals surface area contributed by atoms with E-state index in [0.29, 0.717) is 78.3 Å². The number of halogens is 3. The molecule has 0 atom stereocenters. The van der Waals surface area contributed by atoms with Gasteiger partial charge in [0.05, 0.1) is 44.6 Å². The van der Waals surface area contributed by atoms with Crippen molar-refractivity contribution in [3.05, 3.63) is 292 Å². The predicted octanol–water partition coefficient (Wildman–Crippen LogP) is 14.7. The fourth-order valence-electron chi connectivity index (χ4n) is 13.9. The smallest absolute Gasteiger partial charge is 0.454 e. The van der Waals surface area contributed by atoms with E-state index in [9.17, 15) is 45.9 Å². The highest BCUT2D eigenvalue weighted by atomic mass is 32.2. The number of phenolic OH excluding ortho intramolecular Hbond substituents is 1. The van der Waals surface area contributed by atoms with E-state index in [1.807, 2.05) is 153 Å². The van der Waals surface area contributed by atoms with Crippen molar-refractivity contribution in [2.75, 3.05) is 77.5 Å². The van der Waals surface area contributed by atoms with Crippen molar-refractivity contribution in [1.29, 1.82) is 0 Å². The van der Waals surface area contributed by atoms with Crippen LogP contribution in [0.5, 0.6) is 5.75 Å². The molecule has 0 aliphatic carbocycles. The topological polar surface area (TPSA) is 551 Å². The lowest BCUT2D eigenvalue weighted by Crippen LogP contribution is -2.27. The number of aromatic hydroxyl groups is 1. The van der Waals surface area contributed by atoms with E-state index in [-0.39, 0.29) is 70.0 Å². The van der Waals surface area contributed by atoms with Crippen LogP contribution in [-0.2, 0) is 71.2 Å². The number of nitrogens with zero attached hydrogens (tertiary/aromatic N) is 13. The van der Waals surface area contributed by atoms with E-state index >= 15 is 0 Å². The molecule has 15 rings (SSSR count).